The Morgan fingerprint density at radius 2 is 1.86 bits per heavy atom. The van der Waals surface area contributed by atoms with E-state index in [9.17, 15) is 18.3 Å². The van der Waals surface area contributed by atoms with Gasteiger partial charge in [0.15, 0.2) is 5.03 Å². The van der Waals surface area contributed by atoms with Gasteiger partial charge in [-0.15, -0.1) is 0 Å². The van der Waals surface area contributed by atoms with Gasteiger partial charge in [-0.1, -0.05) is 52.2 Å². The van der Waals surface area contributed by atoms with Crippen molar-refractivity contribution in [3.63, 3.8) is 0 Å². The number of pyridine rings is 1. The molecule has 0 bridgehead atoms. The summed E-state index contributed by atoms with van der Waals surface area (Å²) in [6, 6.07) is 11.4. The number of hydrogen-bond donors (Lipinski definition) is 2. The number of rotatable bonds is 5. The highest BCUT2D eigenvalue weighted by Gasteiger charge is 2.44. The minimum atomic E-state index is -4.01. The maximum Gasteiger partial charge on any atom is 0.338 e. The Bertz CT molecular complexity index is 1340. The number of aliphatic hydroxyl groups is 1. The molecule has 2 N–H and O–H groups in total. The van der Waals surface area contributed by atoms with E-state index in [0.29, 0.717) is 11.3 Å². The number of nitrogens with zero attached hydrogens (tertiary/aromatic N) is 2. The molecule has 1 saturated carbocycles. The molecule has 1 aromatic carbocycles. The maximum atomic E-state index is 13.3. The van der Waals surface area contributed by atoms with E-state index in [4.69, 9.17) is 10.00 Å². The lowest BCUT2D eigenvalue weighted by Crippen LogP contribution is -2.39. The summed E-state index contributed by atoms with van der Waals surface area (Å²) in [6.07, 6.45) is 6.54. The van der Waals surface area contributed by atoms with Crippen molar-refractivity contribution in [3.05, 3.63) is 65.1 Å². The fraction of sp³-hybridized carbons (Fsp3) is 0.464. The molecule has 4 rings (SSSR count). The number of nitrogens with one attached hydrogen (secondary N) is 1. The molecule has 1 aromatic heterocycles. The van der Waals surface area contributed by atoms with Crippen molar-refractivity contribution in [3.8, 4) is 6.07 Å². The number of hydrogen-bond acceptors (Lipinski definition) is 7. The third-order valence-electron chi connectivity index (χ3n) is 7.08. The van der Waals surface area contributed by atoms with Crippen LogP contribution in [0.2, 0.25) is 0 Å². The number of anilines is 1. The van der Waals surface area contributed by atoms with Gasteiger partial charge in [-0.2, -0.15) is 13.7 Å². The fourth-order valence-corrected chi connectivity index (χ4v) is 6.35. The molecule has 1 aliphatic heterocycles. The van der Waals surface area contributed by atoms with Crippen molar-refractivity contribution in [2.24, 2.45) is 11.3 Å². The molecule has 1 fully saturated rings. The first-order chi connectivity index (χ1) is 17.5. The van der Waals surface area contributed by atoms with Gasteiger partial charge >= 0.3 is 5.97 Å². The summed E-state index contributed by atoms with van der Waals surface area (Å²) in [5.74, 6) is -1.14. The average molecular weight is 524 g/mol. The second-order valence-electron chi connectivity index (χ2n) is 10.9. The van der Waals surface area contributed by atoms with E-state index in [1.54, 1.807) is 18.2 Å². The molecule has 1 aliphatic carbocycles. The minimum Gasteiger partial charge on any atom is -0.511 e. The van der Waals surface area contributed by atoms with Crippen LogP contribution in [0.1, 0.15) is 76.3 Å². The van der Waals surface area contributed by atoms with Crippen LogP contribution in [0.15, 0.2) is 59.0 Å². The van der Waals surface area contributed by atoms with Crippen LogP contribution in [-0.4, -0.2) is 30.6 Å². The first-order valence-corrected chi connectivity index (χ1v) is 14.1. The van der Waals surface area contributed by atoms with E-state index in [1.807, 2.05) is 32.9 Å². The second kappa shape index (κ2) is 10.5. The highest BCUT2D eigenvalue weighted by atomic mass is 32.2. The van der Waals surface area contributed by atoms with E-state index in [0.717, 1.165) is 38.5 Å². The number of carbonyl (C=O) groups is 1. The molecule has 0 amide bonds. The number of carbonyl (C=O) groups excluding carboxylic acids is 1. The van der Waals surface area contributed by atoms with E-state index >= 15 is 0 Å². The second-order valence-corrected chi connectivity index (χ2v) is 12.5. The van der Waals surface area contributed by atoms with Crippen LogP contribution in [0, 0.1) is 22.7 Å². The zero-order chi connectivity index (χ0) is 26.8. The highest BCUT2D eigenvalue weighted by Crippen LogP contribution is 2.47. The van der Waals surface area contributed by atoms with E-state index in [1.165, 1.54) is 18.3 Å². The molecule has 2 heterocycles. The van der Waals surface area contributed by atoms with Gasteiger partial charge in [-0.25, -0.2) is 9.78 Å². The SMILES string of the molecule is CC(C)(C)C(C1=C(O)C2CCCCCCC2OC1=O)c1cccc(NS(=O)(=O)c2ccc(C#N)cn2)c1. The van der Waals surface area contributed by atoms with Crippen LogP contribution in [0.25, 0.3) is 0 Å². The molecule has 0 spiro atoms. The van der Waals surface area contributed by atoms with Gasteiger partial charge < -0.3 is 9.84 Å². The normalized spacial score (nSPS) is 21.6. The Balaban J connectivity index is 1.70. The van der Waals surface area contributed by atoms with Crippen LogP contribution in [0.3, 0.4) is 0 Å². The smallest absolute Gasteiger partial charge is 0.338 e. The number of esters is 1. The summed E-state index contributed by atoms with van der Waals surface area (Å²) in [7, 11) is -4.01. The number of benzene rings is 1. The minimum absolute atomic E-state index is 0.107. The number of fused-ring (bicyclic) bond motifs is 1. The van der Waals surface area contributed by atoms with Gasteiger partial charge in [-0.3, -0.25) is 4.72 Å². The molecule has 8 nitrogen and oxygen atoms in total. The Morgan fingerprint density at radius 1 is 1.14 bits per heavy atom. The Morgan fingerprint density at radius 3 is 2.51 bits per heavy atom. The summed E-state index contributed by atoms with van der Waals surface area (Å²) >= 11 is 0. The predicted molar refractivity (Wildman–Crippen MR) is 139 cm³/mol. The van der Waals surface area contributed by atoms with Crippen molar-refractivity contribution < 1.29 is 23.1 Å². The van der Waals surface area contributed by atoms with Crippen molar-refractivity contribution >= 4 is 21.7 Å². The first-order valence-electron chi connectivity index (χ1n) is 12.6. The molecule has 3 atom stereocenters. The van der Waals surface area contributed by atoms with Crippen molar-refractivity contribution in [2.75, 3.05) is 4.72 Å². The lowest BCUT2D eigenvalue weighted by molar-refractivity contribution is -0.152. The summed E-state index contributed by atoms with van der Waals surface area (Å²) in [4.78, 5) is 17.2. The molecule has 9 heteroatoms. The Labute approximate surface area is 218 Å². The number of aliphatic hydroxyl groups excluding tert-OH is 1. The number of nitriles is 1. The lowest BCUT2D eigenvalue weighted by atomic mass is 9.69. The summed E-state index contributed by atoms with van der Waals surface area (Å²) in [5, 5.41) is 20.2. The van der Waals surface area contributed by atoms with Gasteiger partial charge in [0.05, 0.1) is 17.1 Å². The largest absolute Gasteiger partial charge is 0.511 e. The zero-order valence-corrected chi connectivity index (χ0v) is 22.2. The fourth-order valence-electron chi connectivity index (χ4n) is 5.37. The molecule has 0 radical (unpaired) electrons. The van der Waals surface area contributed by atoms with Gasteiger partial charge in [0.25, 0.3) is 10.0 Å². The van der Waals surface area contributed by atoms with Crippen molar-refractivity contribution in [1.29, 1.82) is 5.26 Å². The van der Waals surface area contributed by atoms with Crippen LogP contribution in [-0.2, 0) is 19.6 Å². The third-order valence-corrected chi connectivity index (χ3v) is 8.37. The summed E-state index contributed by atoms with van der Waals surface area (Å²) in [5.41, 5.74) is 1.01. The molecule has 0 saturated heterocycles. The quantitative estimate of drug-likeness (QED) is 0.489. The van der Waals surface area contributed by atoms with E-state index in [-0.39, 0.29) is 33.9 Å². The number of aromatic nitrogens is 1. The third kappa shape index (κ3) is 5.80. The monoisotopic (exact) mass is 523 g/mol. The summed E-state index contributed by atoms with van der Waals surface area (Å²) in [6.45, 7) is 5.94. The van der Waals surface area contributed by atoms with Crippen LogP contribution in [0.4, 0.5) is 5.69 Å². The molecule has 37 heavy (non-hydrogen) atoms. The van der Waals surface area contributed by atoms with Gasteiger partial charge in [0, 0.05) is 17.8 Å². The molecule has 2 aliphatic rings. The molecule has 196 valence electrons. The molecule has 2 aromatic rings. The Kier molecular flexibility index (Phi) is 7.60. The number of sulfonamides is 1. The van der Waals surface area contributed by atoms with Gasteiger partial charge in [-0.05, 0) is 54.5 Å². The van der Waals surface area contributed by atoms with Crippen LogP contribution >= 0.6 is 0 Å². The zero-order valence-electron chi connectivity index (χ0n) is 21.4. The van der Waals surface area contributed by atoms with Crippen LogP contribution in [0.5, 0.6) is 0 Å². The maximum absolute atomic E-state index is 13.3. The van der Waals surface area contributed by atoms with Crippen molar-refractivity contribution in [2.45, 2.75) is 76.3 Å². The van der Waals surface area contributed by atoms with E-state index < -0.39 is 27.3 Å². The van der Waals surface area contributed by atoms with Gasteiger partial charge in [0.1, 0.15) is 17.9 Å². The molecular formula is C28H33N3O5S. The summed E-state index contributed by atoms with van der Waals surface area (Å²) < 4.78 is 34.3. The lowest BCUT2D eigenvalue weighted by Gasteiger charge is -2.39. The Hall–Kier alpha value is -3.38. The first kappa shape index (κ1) is 26.7. The predicted octanol–water partition coefficient (Wildman–Crippen LogP) is 5.59. The van der Waals surface area contributed by atoms with Crippen molar-refractivity contribution in [1.82, 2.24) is 4.98 Å². The highest BCUT2D eigenvalue weighted by molar-refractivity contribution is 7.92. The molecular weight excluding hydrogens is 490 g/mol. The molecule has 3 unspecified atom stereocenters. The number of ether oxygens (including phenoxy) is 1. The average Bonchev–Trinajstić information content (AvgIpc) is 2.82. The standard InChI is InChI=1S/C28H33N3O5S/c1-28(2,3)25(24-26(32)21-11-6-4-5-7-12-22(21)36-27(24)33)19-9-8-10-20(15-19)31-37(34,35)23-14-13-18(16-29)17-30-23/h8-10,13-15,17,21-22,25,31-32H,4-7,11-12H2,1-3H3. The van der Waals surface area contributed by atoms with Gasteiger partial charge in [0.2, 0.25) is 0 Å². The van der Waals surface area contributed by atoms with Crippen LogP contribution < -0.4 is 4.72 Å². The topological polar surface area (TPSA) is 129 Å². The van der Waals surface area contributed by atoms with E-state index in [2.05, 4.69) is 9.71 Å².